The molecule has 2 rings (SSSR count). The van der Waals surface area contributed by atoms with Gasteiger partial charge in [0.05, 0.1) is 6.54 Å². The predicted molar refractivity (Wildman–Crippen MR) is 76.0 cm³/mol. The topological polar surface area (TPSA) is 50.4 Å². The Balaban J connectivity index is 1.74. The number of hydrogen-bond donors (Lipinski definition) is 2. The lowest BCUT2D eigenvalue weighted by atomic mass is 9.93. The van der Waals surface area contributed by atoms with Crippen LogP contribution in [0.15, 0.2) is 24.3 Å². The smallest absolute Gasteiger partial charge is 0.238 e. The first-order chi connectivity index (χ1) is 9.65. The van der Waals surface area contributed by atoms with Crippen LogP contribution in [-0.2, 0) is 9.53 Å². The van der Waals surface area contributed by atoms with E-state index in [0.717, 1.165) is 26.1 Å². The Kier molecular flexibility index (Phi) is 5.49. The summed E-state index contributed by atoms with van der Waals surface area (Å²) in [6.45, 7) is 3.92. The molecule has 1 fully saturated rings. The summed E-state index contributed by atoms with van der Waals surface area (Å²) >= 11 is 0. The lowest BCUT2D eigenvalue weighted by molar-refractivity contribution is -0.115. The number of hydrogen-bond acceptors (Lipinski definition) is 3. The van der Waals surface area contributed by atoms with Gasteiger partial charge in [0, 0.05) is 24.9 Å². The highest BCUT2D eigenvalue weighted by Gasteiger charge is 2.20. The average molecular weight is 280 g/mol. The van der Waals surface area contributed by atoms with Crippen molar-refractivity contribution in [2.45, 2.75) is 25.8 Å². The molecule has 1 aliphatic heterocycles. The SMILES string of the molecule is C[C@H](NCC(=O)Nc1cccc(F)c1)C1CCOCC1. The van der Waals surface area contributed by atoms with E-state index in [2.05, 4.69) is 17.6 Å². The Morgan fingerprint density at radius 1 is 1.45 bits per heavy atom. The molecule has 0 unspecified atom stereocenters. The summed E-state index contributed by atoms with van der Waals surface area (Å²) in [4.78, 5) is 11.8. The molecule has 4 nitrogen and oxygen atoms in total. The Labute approximate surface area is 118 Å². The molecule has 0 aliphatic carbocycles. The van der Waals surface area contributed by atoms with Gasteiger partial charge in [0.25, 0.3) is 0 Å². The van der Waals surface area contributed by atoms with Crippen molar-refractivity contribution >= 4 is 11.6 Å². The van der Waals surface area contributed by atoms with Crippen molar-refractivity contribution in [3.8, 4) is 0 Å². The second-order valence-electron chi connectivity index (χ2n) is 5.18. The van der Waals surface area contributed by atoms with E-state index in [-0.39, 0.29) is 24.3 Å². The van der Waals surface area contributed by atoms with Gasteiger partial charge in [-0.3, -0.25) is 4.79 Å². The molecule has 1 aromatic carbocycles. The zero-order valence-corrected chi connectivity index (χ0v) is 11.7. The first kappa shape index (κ1) is 14.9. The Morgan fingerprint density at radius 2 is 2.20 bits per heavy atom. The minimum atomic E-state index is -0.355. The van der Waals surface area contributed by atoms with Crippen LogP contribution in [0, 0.1) is 11.7 Å². The number of nitrogens with one attached hydrogen (secondary N) is 2. The highest BCUT2D eigenvalue weighted by molar-refractivity contribution is 5.92. The molecule has 110 valence electrons. The molecule has 0 spiro atoms. The van der Waals surface area contributed by atoms with Gasteiger partial charge < -0.3 is 15.4 Å². The summed E-state index contributed by atoms with van der Waals surface area (Å²) < 4.78 is 18.3. The third-order valence-corrected chi connectivity index (χ3v) is 3.67. The third kappa shape index (κ3) is 4.58. The molecule has 2 N–H and O–H groups in total. The molecule has 1 aliphatic rings. The summed E-state index contributed by atoms with van der Waals surface area (Å²) in [5, 5.41) is 5.90. The summed E-state index contributed by atoms with van der Waals surface area (Å²) in [6.07, 6.45) is 2.05. The van der Waals surface area contributed by atoms with Gasteiger partial charge in [0.1, 0.15) is 5.82 Å². The van der Waals surface area contributed by atoms with E-state index in [1.807, 2.05) is 0 Å². The molecule has 20 heavy (non-hydrogen) atoms. The van der Waals surface area contributed by atoms with Crippen LogP contribution >= 0.6 is 0 Å². The van der Waals surface area contributed by atoms with Crippen molar-refractivity contribution in [3.63, 3.8) is 0 Å². The van der Waals surface area contributed by atoms with Crippen LogP contribution < -0.4 is 10.6 Å². The van der Waals surface area contributed by atoms with E-state index in [9.17, 15) is 9.18 Å². The summed E-state index contributed by atoms with van der Waals surface area (Å²) in [5.74, 6) is 0.0339. The molecule has 0 aromatic heterocycles. The number of rotatable bonds is 5. The highest BCUT2D eigenvalue weighted by atomic mass is 19.1. The zero-order valence-electron chi connectivity index (χ0n) is 11.7. The quantitative estimate of drug-likeness (QED) is 0.869. The minimum Gasteiger partial charge on any atom is -0.381 e. The molecule has 0 bridgehead atoms. The Morgan fingerprint density at radius 3 is 2.90 bits per heavy atom. The Bertz CT molecular complexity index is 447. The van der Waals surface area contributed by atoms with Crippen molar-refractivity contribution in [3.05, 3.63) is 30.1 Å². The van der Waals surface area contributed by atoms with Crippen LogP contribution in [0.4, 0.5) is 10.1 Å². The fourth-order valence-corrected chi connectivity index (χ4v) is 2.41. The van der Waals surface area contributed by atoms with E-state index in [1.165, 1.54) is 12.1 Å². The van der Waals surface area contributed by atoms with Crippen LogP contribution in [0.2, 0.25) is 0 Å². The average Bonchev–Trinajstić information content (AvgIpc) is 2.46. The van der Waals surface area contributed by atoms with Crippen molar-refractivity contribution in [2.75, 3.05) is 25.1 Å². The van der Waals surface area contributed by atoms with Crippen molar-refractivity contribution in [2.24, 2.45) is 5.92 Å². The van der Waals surface area contributed by atoms with Gasteiger partial charge in [0.15, 0.2) is 0 Å². The molecular weight excluding hydrogens is 259 g/mol. The van der Waals surface area contributed by atoms with Crippen LogP contribution in [-0.4, -0.2) is 31.7 Å². The number of anilines is 1. The second-order valence-corrected chi connectivity index (χ2v) is 5.18. The maximum Gasteiger partial charge on any atom is 0.238 e. The lowest BCUT2D eigenvalue weighted by Gasteiger charge is -2.28. The van der Waals surface area contributed by atoms with Gasteiger partial charge in [-0.1, -0.05) is 6.07 Å². The van der Waals surface area contributed by atoms with E-state index in [0.29, 0.717) is 11.6 Å². The van der Waals surface area contributed by atoms with Crippen LogP contribution in [0.3, 0.4) is 0 Å². The van der Waals surface area contributed by atoms with Crippen LogP contribution in [0.25, 0.3) is 0 Å². The van der Waals surface area contributed by atoms with Gasteiger partial charge in [-0.25, -0.2) is 4.39 Å². The normalized spacial score (nSPS) is 17.7. The standard InChI is InChI=1S/C15H21FN2O2/c1-11(12-5-7-20-8-6-12)17-10-15(19)18-14-4-2-3-13(16)9-14/h2-4,9,11-12,17H,5-8,10H2,1H3,(H,18,19)/t11-/m0/s1. The van der Waals surface area contributed by atoms with Crippen LogP contribution in [0.5, 0.6) is 0 Å². The number of amides is 1. The number of carbonyl (C=O) groups is 1. The molecule has 1 aromatic rings. The number of carbonyl (C=O) groups excluding carboxylic acids is 1. The number of ether oxygens (including phenoxy) is 1. The first-order valence-electron chi connectivity index (χ1n) is 7.01. The van der Waals surface area contributed by atoms with Crippen molar-refractivity contribution in [1.82, 2.24) is 5.32 Å². The second kappa shape index (κ2) is 7.36. The molecule has 0 saturated carbocycles. The molecule has 1 saturated heterocycles. The number of benzene rings is 1. The molecule has 1 heterocycles. The summed E-state index contributed by atoms with van der Waals surface area (Å²) in [5.41, 5.74) is 0.482. The van der Waals surface area contributed by atoms with E-state index in [4.69, 9.17) is 4.74 Å². The van der Waals surface area contributed by atoms with Gasteiger partial charge in [-0.05, 0) is 43.9 Å². The van der Waals surface area contributed by atoms with Crippen molar-refractivity contribution < 1.29 is 13.9 Å². The number of halogens is 1. The zero-order chi connectivity index (χ0) is 14.4. The highest BCUT2D eigenvalue weighted by Crippen LogP contribution is 2.18. The van der Waals surface area contributed by atoms with Gasteiger partial charge in [-0.15, -0.1) is 0 Å². The largest absolute Gasteiger partial charge is 0.381 e. The fourth-order valence-electron chi connectivity index (χ4n) is 2.41. The van der Waals surface area contributed by atoms with Gasteiger partial charge in [-0.2, -0.15) is 0 Å². The van der Waals surface area contributed by atoms with E-state index >= 15 is 0 Å². The van der Waals surface area contributed by atoms with E-state index in [1.54, 1.807) is 12.1 Å². The van der Waals surface area contributed by atoms with Gasteiger partial charge in [0.2, 0.25) is 5.91 Å². The summed E-state index contributed by atoms with van der Waals surface area (Å²) in [7, 11) is 0. The first-order valence-corrected chi connectivity index (χ1v) is 7.01. The van der Waals surface area contributed by atoms with Gasteiger partial charge >= 0.3 is 0 Å². The third-order valence-electron chi connectivity index (χ3n) is 3.67. The molecule has 1 atom stereocenters. The maximum absolute atomic E-state index is 13.0. The predicted octanol–water partition coefficient (Wildman–Crippen LogP) is 2.17. The van der Waals surface area contributed by atoms with E-state index < -0.39 is 0 Å². The maximum atomic E-state index is 13.0. The fraction of sp³-hybridized carbons (Fsp3) is 0.533. The lowest BCUT2D eigenvalue weighted by Crippen LogP contribution is -2.40. The minimum absolute atomic E-state index is 0.158. The van der Waals surface area contributed by atoms with Crippen LogP contribution in [0.1, 0.15) is 19.8 Å². The summed E-state index contributed by atoms with van der Waals surface area (Å²) in [6, 6.07) is 6.17. The molecule has 0 radical (unpaired) electrons. The molecular formula is C15H21FN2O2. The molecule has 1 amide bonds. The van der Waals surface area contributed by atoms with Crippen molar-refractivity contribution in [1.29, 1.82) is 0 Å². The monoisotopic (exact) mass is 280 g/mol. The molecule has 5 heteroatoms. The Hall–Kier alpha value is -1.46.